The van der Waals surface area contributed by atoms with Gasteiger partial charge in [-0.3, -0.25) is 0 Å². The number of anilines is 1. The van der Waals surface area contributed by atoms with E-state index in [9.17, 15) is 0 Å². The van der Waals surface area contributed by atoms with Gasteiger partial charge in [0.15, 0.2) is 0 Å². The van der Waals surface area contributed by atoms with Gasteiger partial charge in [0, 0.05) is 31.5 Å². The molecular weight excluding hydrogens is 268 g/mol. The zero-order chi connectivity index (χ0) is 13.4. The lowest BCUT2D eigenvalue weighted by Crippen LogP contribution is -2.35. The van der Waals surface area contributed by atoms with Crippen molar-refractivity contribution in [2.24, 2.45) is 0 Å². The summed E-state index contributed by atoms with van der Waals surface area (Å²) in [6, 6.07) is 6.96. The Morgan fingerprint density at radius 2 is 1.90 bits per heavy atom. The summed E-state index contributed by atoms with van der Waals surface area (Å²) in [5.74, 6) is 1.10. The molecule has 20 heavy (non-hydrogen) atoms. The van der Waals surface area contributed by atoms with E-state index in [4.69, 9.17) is 0 Å². The van der Waals surface area contributed by atoms with Gasteiger partial charge >= 0.3 is 0 Å². The van der Waals surface area contributed by atoms with Crippen LogP contribution in [-0.4, -0.2) is 27.6 Å². The molecular formula is C15H16N4S. The van der Waals surface area contributed by atoms with Crippen LogP contribution in [0.15, 0.2) is 42.3 Å². The second-order valence-corrected chi connectivity index (χ2v) is 6.08. The van der Waals surface area contributed by atoms with Crippen LogP contribution in [0.5, 0.6) is 0 Å². The lowest BCUT2D eigenvalue weighted by atomic mass is 10.0. The molecule has 0 bridgehead atoms. The van der Waals surface area contributed by atoms with Crippen LogP contribution < -0.4 is 4.90 Å². The highest BCUT2D eigenvalue weighted by atomic mass is 32.1. The Labute approximate surface area is 121 Å². The summed E-state index contributed by atoms with van der Waals surface area (Å²) in [4.78, 5) is 12.3. The highest BCUT2D eigenvalue weighted by molar-refractivity contribution is 7.16. The van der Waals surface area contributed by atoms with Crippen LogP contribution in [0.25, 0.3) is 10.2 Å². The van der Waals surface area contributed by atoms with Crippen LogP contribution in [0.2, 0.25) is 0 Å². The fourth-order valence-corrected chi connectivity index (χ4v) is 3.72. The minimum absolute atomic E-state index is 0.626. The first-order chi connectivity index (χ1) is 9.92. The summed E-state index contributed by atoms with van der Waals surface area (Å²) in [6.45, 7) is 2.12. The van der Waals surface area contributed by atoms with Gasteiger partial charge in [-0.05, 0) is 36.4 Å². The molecule has 0 aromatic carbocycles. The molecule has 1 saturated heterocycles. The molecule has 0 spiro atoms. The number of nitrogens with zero attached hydrogens (tertiary/aromatic N) is 4. The molecule has 1 aliphatic rings. The van der Waals surface area contributed by atoms with Crippen molar-refractivity contribution in [2.75, 3.05) is 18.0 Å². The Morgan fingerprint density at radius 3 is 2.70 bits per heavy atom. The maximum absolute atomic E-state index is 4.51. The Kier molecular flexibility index (Phi) is 2.92. The largest absolute Gasteiger partial charge is 0.356 e. The summed E-state index contributed by atoms with van der Waals surface area (Å²) in [7, 11) is 0. The third kappa shape index (κ3) is 1.98. The minimum Gasteiger partial charge on any atom is -0.356 e. The average molecular weight is 284 g/mol. The molecule has 0 unspecified atom stereocenters. The zero-order valence-corrected chi connectivity index (χ0v) is 12.0. The number of aromatic nitrogens is 3. The van der Waals surface area contributed by atoms with E-state index in [0.717, 1.165) is 23.7 Å². The quantitative estimate of drug-likeness (QED) is 0.724. The molecule has 3 aromatic rings. The molecule has 1 aliphatic heterocycles. The zero-order valence-electron chi connectivity index (χ0n) is 11.1. The topological polar surface area (TPSA) is 34.0 Å². The molecule has 0 N–H and O–H groups in total. The Bertz CT molecular complexity index is 696. The molecule has 4 rings (SSSR count). The fourth-order valence-electron chi connectivity index (χ4n) is 3.00. The van der Waals surface area contributed by atoms with Crippen molar-refractivity contribution in [3.05, 3.63) is 42.3 Å². The van der Waals surface area contributed by atoms with E-state index in [2.05, 4.69) is 55.4 Å². The second-order valence-electron chi connectivity index (χ2n) is 5.19. The monoisotopic (exact) mass is 284 g/mol. The first-order valence-electron chi connectivity index (χ1n) is 6.97. The third-order valence-corrected chi connectivity index (χ3v) is 4.87. The van der Waals surface area contributed by atoms with E-state index in [1.54, 1.807) is 17.7 Å². The minimum atomic E-state index is 0.626. The molecule has 1 fully saturated rings. The molecule has 0 saturated carbocycles. The fraction of sp³-hybridized carbons (Fsp3) is 0.333. The molecule has 0 radical (unpaired) electrons. The van der Waals surface area contributed by atoms with Crippen molar-refractivity contribution in [1.29, 1.82) is 0 Å². The van der Waals surface area contributed by atoms with Gasteiger partial charge in [-0.25, -0.2) is 9.97 Å². The van der Waals surface area contributed by atoms with E-state index in [-0.39, 0.29) is 0 Å². The van der Waals surface area contributed by atoms with Gasteiger partial charge in [-0.1, -0.05) is 0 Å². The lowest BCUT2D eigenvalue weighted by molar-refractivity contribution is 0.396. The van der Waals surface area contributed by atoms with Crippen LogP contribution in [0.1, 0.15) is 18.9 Å². The van der Waals surface area contributed by atoms with Gasteiger partial charge in [-0.15, -0.1) is 11.3 Å². The van der Waals surface area contributed by atoms with Crippen LogP contribution >= 0.6 is 11.3 Å². The Hall–Kier alpha value is -1.88. The van der Waals surface area contributed by atoms with Crippen molar-refractivity contribution in [1.82, 2.24) is 14.5 Å². The highest BCUT2D eigenvalue weighted by Gasteiger charge is 2.22. The molecule has 3 aromatic heterocycles. The van der Waals surface area contributed by atoms with Crippen LogP contribution in [0, 0.1) is 0 Å². The van der Waals surface area contributed by atoms with Crippen molar-refractivity contribution < 1.29 is 0 Å². The maximum atomic E-state index is 4.51. The van der Waals surface area contributed by atoms with Crippen LogP contribution in [-0.2, 0) is 0 Å². The molecule has 4 heterocycles. The van der Waals surface area contributed by atoms with Crippen LogP contribution in [0.3, 0.4) is 0 Å². The number of hydrogen-bond acceptors (Lipinski definition) is 4. The van der Waals surface area contributed by atoms with E-state index < -0.39 is 0 Å². The van der Waals surface area contributed by atoms with E-state index in [1.165, 1.54) is 18.2 Å². The summed E-state index contributed by atoms with van der Waals surface area (Å²) < 4.78 is 2.33. The summed E-state index contributed by atoms with van der Waals surface area (Å²) in [5, 5.41) is 3.28. The molecule has 102 valence electrons. The summed E-state index contributed by atoms with van der Waals surface area (Å²) in [5.41, 5.74) is 0. The molecule has 0 amide bonds. The lowest BCUT2D eigenvalue weighted by Gasteiger charge is -2.33. The van der Waals surface area contributed by atoms with Crippen molar-refractivity contribution in [3.63, 3.8) is 0 Å². The predicted octanol–water partition coefficient (Wildman–Crippen LogP) is 3.33. The number of piperidine rings is 1. The van der Waals surface area contributed by atoms with Crippen molar-refractivity contribution in [3.8, 4) is 0 Å². The van der Waals surface area contributed by atoms with E-state index in [1.807, 2.05) is 0 Å². The average Bonchev–Trinajstić information content (AvgIpc) is 3.18. The summed E-state index contributed by atoms with van der Waals surface area (Å²) >= 11 is 1.68. The first kappa shape index (κ1) is 11.9. The van der Waals surface area contributed by atoms with Crippen LogP contribution in [0.4, 0.5) is 5.82 Å². The summed E-state index contributed by atoms with van der Waals surface area (Å²) in [6.07, 6.45) is 8.37. The smallest absolute Gasteiger partial charge is 0.140 e. The Morgan fingerprint density at radius 1 is 1.10 bits per heavy atom. The second kappa shape index (κ2) is 4.90. The number of fused-ring (bicyclic) bond motifs is 1. The van der Waals surface area contributed by atoms with Crippen molar-refractivity contribution in [2.45, 2.75) is 18.9 Å². The number of hydrogen-bond donors (Lipinski definition) is 0. The molecule has 4 nitrogen and oxygen atoms in total. The predicted molar refractivity (Wildman–Crippen MR) is 82.3 cm³/mol. The third-order valence-electron chi connectivity index (χ3n) is 4.05. The standard InChI is InChI=1S/C15H16N4S/c1-2-7-18(6-1)12-3-8-19(9-4-12)14-13-5-10-20-15(13)17-11-16-14/h1-2,5-7,10-12H,3-4,8-9H2. The Balaban J connectivity index is 1.56. The van der Waals surface area contributed by atoms with Gasteiger partial charge in [0.1, 0.15) is 17.0 Å². The highest BCUT2D eigenvalue weighted by Crippen LogP contribution is 2.31. The maximum Gasteiger partial charge on any atom is 0.140 e. The molecule has 0 aliphatic carbocycles. The first-order valence-corrected chi connectivity index (χ1v) is 7.85. The normalized spacial score (nSPS) is 16.9. The van der Waals surface area contributed by atoms with Gasteiger partial charge in [0.05, 0.1) is 5.39 Å². The molecule has 0 atom stereocenters. The van der Waals surface area contributed by atoms with E-state index >= 15 is 0 Å². The number of rotatable bonds is 2. The van der Waals surface area contributed by atoms with E-state index in [0.29, 0.717) is 6.04 Å². The SMILES string of the molecule is c1ccn(C2CCN(c3ncnc4sccc34)CC2)c1. The van der Waals surface area contributed by atoms with Gasteiger partial charge in [0.2, 0.25) is 0 Å². The van der Waals surface area contributed by atoms with Crippen molar-refractivity contribution >= 4 is 27.4 Å². The molecule has 5 heteroatoms. The van der Waals surface area contributed by atoms with Gasteiger partial charge < -0.3 is 9.47 Å². The number of thiophene rings is 1. The van der Waals surface area contributed by atoms with Gasteiger partial charge in [-0.2, -0.15) is 0 Å². The van der Waals surface area contributed by atoms with Gasteiger partial charge in [0.25, 0.3) is 0 Å².